The standard InChI is InChI=1S/C29H24N2O9S/c1-3-38-29(32)14-11-22-23-16-20(37-2)10-13-25(23)30(41(35,36)21-7-5-4-6-8-21)24(22)12-9-19-15-27-28(40-18-39-27)17-26(19)31(33)34/h4-17H,3,18H2,1-2H3/b12-9+,14-11+. The molecule has 210 valence electrons. The van der Waals surface area contributed by atoms with E-state index in [4.69, 9.17) is 18.9 Å². The summed E-state index contributed by atoms with van der Waals surface area (Å²) in [5.74, 6) is 0.391. The molecule has 0 saturated carbocycles. The molecule has 0 unspecified atom stereocenters. The van der Waals surface area contributed by atoms with Crippen molar-refractivity contribution in [2.75, 3.05) is 20.5 Å². The van der Waals surface area contributed by atoms with Crippen molar-refractivity contribution < 1.29 is 37.1 Å². The van der Waals surface area contributed by atoms with Gasteiger partial charge in [-0.25, -0.2) is 17.2 Å². The molecule has 0 N–H and O–H groups in total. The van der Waals surface area contributed by atoms with Gasteiger partial charge < -0.3 is 18.9 Å². The molecule has 0 atom stereocenters. The summed E-state index contributed by atoms with van der Waals surface area (Å²) < 4.78 is 50.3. The quantitative estimate of drug-likeness (QED) is 0.113. The van der Waals surface area contributed by atoms with Crippen molar-refractivity contribution >= 4 is 50.8 Å². The predicted octanol–water partition coefficient (Wildman–Crippen LogP) is 5.27. The smallest absolute Gasteiger partial charge is 0.330 e. The molecular weight excluding hydrogens is 552 g/mol. The van der Waals surface area contributed by atoms with Gasteiger partial charge in [-0.3, -0.25) is 10.1 Å². The van der Waals surface area contributed by atoms with E-state index in [0.29, 0.717) is 28.0 Å². The topological polar surface area (TPSA) is 136 Å². The lowest BCUT2D eigenvalue weighted by Crippen LogP contribution is -2.14. The number of carbonyl (C=O) groups is 1. The Hall–Kier alpha value is -5.10. The number of nitro benzene ring substituents is 1. The van der Waals surface area contributed by atoms with Crippen LogP contribution in [0.25, 0.3) is 29.1 Å². The van der Waals surface area contributed by atoms with E-state index in [1.807, 2.05) is 0 Å². The third kappa shape index (κ3) is 5.24. The molecule has 2 heterocycles. The lowest BCUT2D eigenvalue weighted by Gasteiger charge is -2.11. The molecule has 41 heavy (non-hydrogen) atoms. The third-order valence-electron chi connectivity index (χ3n) is 6.30. The minimum atomic E-state index is -4.19. The number of ether oxygens (including phenoxy) is 4. The highest BCUT2D eigenvalue weighted by Gasteiger charge is 2.27. The van der Waals surface area contributed by atoms with Gasteiger partial charge in [0.1, 0.15) is 5.75 Å². The Kier molecular flexibility index (Phi) is 7.49. The molecule has 0 amide bonds. The zero-order chi connectivity index (χ0) is 29.1. The summed E-state index contributed by atoms with van der Waals surface area (Å²) in [7, 11) is -2.71. The van der Waals surface area contributed by atoms with E-state index in [2.05, 4.69) is 0 Å². The van der Waals surface area contributed by atoms with E-state index in [1.165, 1.54) is 55.7 Å². The molecule has 4 aromatic rings. The normalized spacial score (nSPS) is 12.8. The van der Waals surface area contributed by atoms with Gasteiger partial charge >= 0.3 is 5.97 Å². The molecule has 1 aliphatic rings. The molecular formula is C29H24N2O9S. The summed E-state index contributed by atoms with van der Waals surface area (Å²) in [6, 6.07) is 15.4. The van der Waals surface area contributed by atoms with Gasteiger partial charge in [0.25, 0.3) is 15.7 Å². The minimum absolute atomic E-state index is 0.0253. The van der Waals surface area contributed by atoms with Crippen LogP contribution in [0.1, 0.15) is 23.7 Å². The van der Waals surface area contributed by atoms with Crippen LogP contribution in [-0.4, -0.2) is 43.8 Å². The molecule has 12 heteroatoms. The van der Waals surface area contributed by atoms with Crippen LogP contribution in [0, 0.1) is 10.1 Å². The average molecular weight is 577 g/mol. The van der Waals surface area contributed by atoms with Gasteiger partial charge in [0, 0.05) is 17.0 Å². The second kappa shape index (κ2) is 11.2. The molecule has 0 spiro atoms. The number of methoxy groups -OCH3 is 1. The summed E-state index contributed by atoms with van der Waals surface area (Å²) >= 11 is 0. The van der Waals surface area contributed by atoms with Crippen LogP contribution in [0.5, 0.6) is 17.2 Å². The maximum absolute atomic E-state index is 14.1. The number of hydrogen-bond acceptors (Lipinski definition) is 9. The first-order chi connectivity index (χ1) is 19.7. The highest BCUT2D eigenvalue weighted by Crippen LogP contribution is 2.40. The third-order valence-corrected chi connectivity index (χ3v) is 8.04. The molecule has 5 rings (SSSR count). The number of carbonyl (C=O) groups excluding carboxylic acids is 1. The number of benzene rings is 3. The van der Waals surface area contributed by atoms with E-state index < -0.39 is 20.9 Å². The number of fused-ring (bicyclic) bond motifs is 2. The zero-order valence-electron chi connectivity index (χ0n) is 22.0. The van der Waals surface area contributed by atoms with Crippen LogP contribution in [0.3, 0.4) is 0 Å². The Morgan fingerprint density at radius 2 is 1.78 bits per heavy atom. The maximum atomic E-state index is 14.1. The average Bonchev–Trinajstić information content (AvgIpc) is 3.56. The Morgan fingerprint density at radius 3 is 2.46 bits per heavy atom. The van der Waals surface area contributed by atoms with E-state index in [1.54, 1.807) is 43.3 Å². The summed E-state index contributed by atoms with van der Waals surface area (Å²) in [6.45, 7) is 1.75. The number of aromatic nitrogens is 1. The Labute approximate surface area is 235 Å². The van der Waals surface area contributed by atoms with Crippen molar-refractivity contribution in [3.63, 3.8) is 0 Å². The molecule has 0 fully saturated rings. The number of hydrogen-bond donors (Lipinski definition) is 0. The lowest BCUT2D eigenvalue weighted by molar-refractivity contribution is -0.385. The molecule has 11 nitrogen and oxygen atoms in total. The molecule has 0 saturated heterocycles. The maximum Gasteiger partial charge on any atom is 0.330 e. The summed E-state index contributed by atoms with van der Waals surface area (Å²) in [5.41, 5.74) is 0.698. The fourth-order valence-electron chi connectivity index (χ4n) is 4.45. The molecule has 1 aliphatic heterocycles. The first-order valence-electron chi connectivity index (χ1n) is 12.4. The zero-order valence-corrected chi connectivity index (χ0v) is 22.8. The van der Waals surface area contributed by atoms with Crippen molar-refractivity contribution in [1.29, 1.82) is 0 Å². The second-order valence-electron chi connectivity index (χ2n) is 8.70. The van der Waals surface area contributed by atoms with Gasteiger partial charge in [0.05, 0.1) is 46.4 Å². The van der Waals surface area contributed by atoms with Gasteiger partial charge in [-0.1, -0.05) is 18.2 Å². The Bertz CT molecular complexity index is 1820. The van der Waals surface area contributed by atoms with Gasteiger partial charge in [0.2, 0.25) is 6.79 Å². The molecule has 3 aromatic carbocycles. The highest BCUT2D eigenvalue weighted by atomic mass is 32.2. The van der Waals surface area contributed by atoms with E-state index >= 15 is 0 Å². The summed E-state index contributed by atoms with van der Waals surface area (Å²) in [6.07, 6.45) is 5.51. The number of nitro groups is 1. The van der Waals surface area contributed by atoms with Crippen LogP contribution in [-0.2, 0) is 19.6 Å². The largest absolute Gasteiger partial charge is 0.497 e. The van der Waals surface area contributed by atoms with Crippen LogP contribution in [0.2, 0.25) is 0 Å². The van der Waals surface area contributed by atoms with Gasteiger partial charge in [-0.05, 0) is 61.5 Å². The molecule has 0 bridgehead atoms. The minimum Gasteiger partial charge on any atom is -0.497 e. The van der Waals surface area contributed by atoms with Crippen LogP contribution in [0.15, 0.2) is 71.6 Å². The summed E-state index contributed by atoms with van der Waals surface area (Å²) in [4.78, 5) is 23.6. The number of nitrogens with zero attached hydrogens (tertiary/aromatic N) is 2. The highest BCUT2D eigenvalue weighted by molar-refractivity contribution is 7.90. The number of esters is 1. The fraction of sp³-hybridized carbons (Fsp3) is 0.138. The van der Waals surface area contributed by atoms with Gasteiger partial charge in [0.15, 0.2) is 11.5 Å². The monoisotopic (exact) mass is 576 g/mol. The van der Waals surface area contributed by atoms with Crippen molar-refractivity contribution in [2.45, 2.75) is 11.8 Å². The van der Waals surface area contributed by atoms with Crippen molar-refractivity contribution in [2.24, 2.45) is 0 Å². The van der Waals surface area contributed by atoms with Crippen molar-refractivity contribution in [1.82, 2.24) is 3.97 Å². The van der Waals surface area contributed by atoms with Gasteiger partial charge in [-0.2, -0.15) is 0 Å². The molecule has 0 radical (unpaired) electrons. The Morgan fingerprint density at radius 1 is 1.05 bits per heavy atom. The Balaban J connectivity index is 1.80. The molecule has 0 aliphatic carbocycles. The summed E-state index contributed by atoms with van der Waals surface area (Å²) in [5, 5.41) is 12.3. The predicted molar refractivity (Wildman–Crippen MR) is 151 cm³/mol. The van der Waals surface area contributed by atoms with Crippen LogP contribution >= 0.6 is 0 Å². The molecule has 1 aromatic heterocycles. The second-order valence-corrected chi connectivity index (χ2v) is 10.5. The van der Waals surface area contributed by atoms with E-state index in [9.17, 15) is 23.3 Å². The number of rotatable bonds is 9. The first-order valence-corrected chi connectivity index (χ1v) is 13.8. The first kappa shape index (κ1) is 27.5. The van der Waals surface area contributed by atoms with Crippen molar-refractivity contribution in [3.05, 3.63) is 93.7 Å². The van der Waals surface area contributed by atoms with E-state index in [-0.39, 0.29) is 41.0 Å². The van der Waals surface area contributed by atoms with Crippen LogP contribution in [0.4, 0.5) is 5.69 Å². The van der Waals surface area contributed by atoms with Gasteiger partial charge in [-0.15, -0.1) is 0 Å². The van der Waals surface area contributed by atoms with Crippen LogP contribution < -0.4 is 14.2 Å². The fourth-order valence-corrected chi connectivity index (χ4v) is 6.00. The lowest BCUT2D eigenvalue weighted by atomic mass is 10.1. The van der Waals surface area contributed by atoms with Crippen molar-refractivity contribution in [3.8, 4) is 17.2 Å². The van der Waals surface area contributed by atoms with E-state index in [0.717, 1.165) is 3.97 Å². The SMILES string of the molecule is CCOC(=O)/C=C/c1c(/C=C/c2cc3c(cc2[N+](=O)[O-])OCO3)n(S(=O)(=O)c2ccccc2)c2ccc(OC)cc12.